The van der Waals surface area contributed by atoms with Gasteiger partial charge in [-0.2, -0.15) is 0 Å². The number of hydrogen-bond acceptors (Lipinski definition) is 3. The van der Waals surface area contributed by atoms with Gasteiger partial charge in [-0.05, 0) is 51.0 Å². The highest BCUT2D eigenvalue weighted by Crippen LogP contribution is 2.32. The molecule has 2 aromatic rings. The van der Waals surface area contributed by atoms with E-state index >= 15 is 0 Å². The largest absolute Gasteiger partial charge is 0.491 e. The summed E-state index contributed by atoms with van der Waals surface area (Å²) in [5, 5.41) is 3.41. The number of nitrogens with zero attached hydrogens (tertiary/aromatic N) is 2. The number of rotatable bonds is 5. The second-order valence-corrected chi connectivity index (χ2v) is 5.91. The van der Waals surface area contributed by atoms with Gasteiger partial charge in [-0.3, -0.25) is 0 Å². The Morgan fingerprint density at radius 3 is 2.57 bits per heavy atom. The van der Waals surface area contributed by atoms with E-state index in [1.54, 1.807) is 0 Å². The highest BCUT2D eigenvalue weighted by Gasteiger charge is 2.19. The van der Waals surface area contributed by atoms with Crippen molar-refractivity contribution in [1.29, 1.82) is 0 Å². The summed E-state index contributed by atoms with van der Waals surface area (Å²) in [4.78, 5) is 4.45. The molecule has 0 amide bonds. The normalized spacial score (nSPS) is 15.6. The summed E-state index contributed by atoms with van der Waals surface area (Å²) < 4.78 is 7.93. The summed E-state index contributed by atoms with van der Waals surface area (Å²) in [6, 6.07) is 8.64. The van der Waals surface area contributed by atoms with Gasteiger partial charge in [0.2, 0.25) is 5.95 Å². The van der Waals surface area contributed by atoms with Gasteiger partial charge < -0.3 is 14.6 Å². The van der Waals surface area contributed by atoms with Gasteiger partial charge in [-0.1, -0.05) is 12.8 Å². The van der Waals surface area contributed by atoms with Gasteiger partial charge in [-0.15, -0.1) is 0 Å². The van der Waals surface area contributed by atoms with Crippen molar-refractivity contribution >= 4 is 11.6 Å². The van der Waals surface area contributed by atoms with Crippen LogP contribution in [0.15, 0.2) is 36.7 Å². The molecular formula is C17H23N3O. The maximum Gasteiger partial charge on any atom is 0.207 e. The van der Waals surface area contributed by atoms with E-state index in [0.29, 0.717) is 6.04 Å². The molecule has 4 nitrogen and oxygen atoms in total. The van der Waals surface area contributed by atoms with E-state index in [9.17, 15) is 0 Å². The fourth-order valence-electron chi connectivity index (χ4n) is 2.91. The Kier molecular flexibility index (Phi) is 4.13. The monoisotopic (exact) mass is 285 g/mol. The summed E-state index contributed by atoms with van der Waals surface area (Å²) in [5.74, 6) is 1.83. The van der Waals surface area contributed by atoms with Gasteiger partial charge in [0.1, 0.15) is 5.75 Å². The number of benzene rings is 1. The Balaban J connectivity index is 1.70. The first-order chi connectivity index (χ1) is 10.2. The van der Waals surface area contributed by atoms with Gasteiger partial charge in [0, 0.05) is 24.1 Å². The first kappa shape index (κ1) is 14.0. The predicted molar refractivity (Wildman–Crippen MR) is 85.2 cm³/mol. The topological polar surface area (TPSA) is 39.1 Å². The average molecular weight is 285 g/mol. The van der Waals surface area contributed by atoms with Crippen LogP contribution in [0, 0.1) is 0 Å². The predicted octanol–water partition coefficient (Wildman–Crippen LogP) is 4.53. The van der Waals surface area contributed by atoms with Crippen LogP contribution < -0.4 is 10.1 Å². The molecule has 1 aromatic carbocycles. The first-order valence-corrected chi connectivity index (χ1v) is 7.79. The van der Waals surface area contributed by atoms with Crippen LogP contribution in [0.3, 0.4) is 0 Å². The van der Waals surface area contributed by atoms with Crippen LogP contribution in [-0.2, 0) is 0 Å². The fraction of sp³-hybridized carbons (Fsp3) is 0.471. The van der Waals surface area contributed by atoms with Crippen molar-refractivity contribution in [3.63, 3.8) is 0 Å². The molecule has 0 saturated heterocycles. The third-order valence-electron chi connectivity index (χ3n) is 3.87. The van der Waals surface area contributed by atoms with Crippen molar-refractivity contribution in [2.45, 2.75) is 51.7 Å². The molecule has 0 atom stereocenters. The molecule has 1 heterocycles. The molecule has 1 N–H and O–H groups in total. The first-order valence-electron chi connectivity index (χ1n) is 7.79. The molecule has 1 saturated carbocycles. The zero-order valence-electron chi connectivity index (χ0n) is 12.7. The molecular weight excluding hydrogens is 262 g/mol. The highest BCUT2D eigenvalue weighted by molar-refractivity contribution is 5.55. The van der Waals surface area contributed by atoms with Crippen LogP contribution in [0.1, 0.15) is 45.6 Å². The van der Waals surface area contributed by atoms with Gasteiger partial charge >= 0.3 is 0 Å². The number of nitrogens with one attached hydrogen (secondary N) is 1. The summed E-state index contributed by atoms with van der Waals surface area (Å²) in [6.45, 7) is 4.06. The maximum absolute atomic E-state index is 5.66. The molecule has 3 rings (SSSR count). The van der Waals surface area contributed by atoms with Gasteiger partial charge in [0.25, 0.3) is 0 Å². The van der Waals surface area contributed by atoms with Crippen molar-refractivity contribution in [3.05, 3.63) is 36.7 Å². The van der Waals surface area contributed by atoms with Crippen LogP contribution in [0.5, 0.6) is 5.75 Å². The molecule has 0 bridgehead atoms. The van der Waals surface area contributed by atoms with Gasteiger partial charge in [0.05, 0.1) is 6.10 Å². The molecule has 1 fully saturated rings. The van der Waals surface area contributed by atoms with Crippen molar-refractivity contribution in [3.8, 4) is 5.75 Å². The Bertz CT molecular complexity index is 568. The number of anilines is 2. The zero-order chi connectivity index (χ0) is 14.7. The Labute approximate surface area is 126 Å². The summed E-state index contributed by atoms with van der Waals surface area (Å²) in [7, 11) is 0. The maximum atomic E-state index is 5.66. The number of aromatic nitrogens is 2. The van der Waals surface area contributed by atoms with E-state index in [0.717, 1.165) is 17.4 Å². The number of hydrogen-bond donors (Lipinski definition) is 1. The quantitative estimate of drug-likeness (QED) is 0.877. The zero-order valence-corrected chi connectivity index (χ0v) is 12.7. The molecule has 21 heavy (non-hydrogen) atoms. The molecule has 4 heteroatoms. The highest BCUT2D eigenvalue weighted by atomic mass is 16.5. The van der Waals surface area contributed by atoms with E-state index in [2.05, 4.69) is 21.1 Å². The number of ether oxygens (including phenoxy) is 1. The molecule has 0 aliphatic heterocycles. The van der Waals surface area contributed by atoms with E-state index in [1.165, 1.54) is 25.7 Å². The lowest BCUT2D eigenvalue weighted by atomic mass is 10.2. The average Bonchev–Trinajstić information content (AvgIpc) is 3.11. The SMILES string of the molecule is CC(C)Oc1ccc(Nc2nccn2C2CCCC2)cc1. The lowest BCUT2D eigenvalue weighted by molar-refractivity contribution is 0.242. The Hall–Kier alpha value is -1.97. The minimum absolute atomic E-state index is 0.199. The van der Waals surface area contributed by atoms with Crippen LogP contribution >= 0.6 is 0 Å². The van der Waals surface area contributed by atoms with Gasteiger partial charge in [0.15, 0.2) is 0 Å². The van der Waals surface area contributed by atoms with E-state index < -0.39 is 0 Å². The van der Waals surface area contributed by atoms with Gasteiger partial charge in [-0.25, -0.2) is 4.98 Å². The lowest BCUT2D eigenvalue weighted by Gasteiger charge is -2.16. The molecule has 1 aliphatic rings. The molecule has 0 spiro atoms. The third kappa shape index (κ3) is 3.38. The van der Waals surface area contributed by atoms with Crippen molar-refractivity contribution in [2.75, 3.05) is 5.32 Å². The van der Waals surface area contributed by atoms with E-state index in [-0.39, 0.29) is 6.10 Å². The third-order valence-corrected chi connectivity index (χ3v) is 3.87. The Morgan fingerprint density at radius 1 is 1.19 bits per heavy atom. The molecule has 0 unspecified atom stereocenters. The van der Waals surface area contributed by atoms with Crippen LogP contribution in [0.4, 0.5) is 11.6 Å². The minimum atomic E-state index is 0.199. The summed E-state index contributed by atoms with van der Waals surface area (Å²) in [6.07, 6.45) is 9.31. The standard InChI is InChI=1S/C17H23N3O/c1-13(2)21-16-9-7-14(8-10-16)19-17-18-11-12-20(17)15-5-3-4-6-15/h7-13,15H,3-6H2,1-2H3,(H,18,19). The fourth-order valence-corrected chi connectivity index (χ4v) is 2.91. The smallest absolute Gasteiger partial charge is 0.207 e. The molecule has 0 radical (unpaired) electrons. The molecule has 1 aliphatic carbocycles. The van der Waals surface area contributed by atoms with Crippen molar-refractivity contribution in [1.82, 2.24) is 9.55 Å². The second-order valence-electron chi connectivity index (χ2n) is 5.91. The van der Waals surface area contributed by atoms with Crippen LogP contribution in [0.25, 0.3) is 0 Å². The lowest BCUT2D eigenvalue weighted by Crippen LogP contribution is -2.08. The van der Waals surface area contributed by atoms with Crippen LogP contribution in [-0.4, -0.2) is 15.7 Å². The second kappa shape index (κ2) is 6.20. The number of imidazole rings is 1. The summed E-state index contributed by atoms with van der Waals surface area (Å²) >= 11 is 0. The Morgan fingerprint density at radius 2 is 1.90 bits per heavy atom. The van der Waals surface area contributed by atoms with Crippen molar-refractivity contribution < 1.29 is 4.74 Å². The minimum Gasteiger partial charge on any atom is -0.491 e. The molecule has 112 valence electrons. The molecule has 1 aromatic heterocycles. The van der Waals surface area contributed by atoms with Crippen LogP contribution in [0.2, 0.25) is 0 Å². The van der Waals surface area contributed by atoms with E-state index in [1.807, 2.05) is 44.3 Å². The van der Waals surface area contributed by atoms with Crippen molar-refractivity contribution in [2.24, 2.45) is 0 Å². The summed E-state index contributed by atoms with van der Waals surface area (Å²) in [5.41, 5.74) is 1.04. The van der Waals surface area contributed by atoms with E-state index in [4.69, 9.17) is 4.74 Å².